The van der Waals surface area contributed by atoms with Gasteiger partial charge in [0.05, 0.1) is 16.7 Å². The van der Waals surface area contributed by atoms with Crippen LogP contribution in [0, 0.1) is 0 Å². The number of hydrogen-bond donors (Lipinski definition) is 4. The Morgan fingerprint density at radius 3 is 2.08 bits per heavy atom. The molecule has 1 aliphatic rings. The third-order valence-corrected chi connectivity index (χ3v) is 3.51. The first-order chi connectivity index (χ1) is 11.2. The number of aromatic hydroxyl groups is 4. The molecule has 0 saturated heterocycles. The number of benzene rings is 2. The van der Waals surface area contributed by atoms with Gasteiger partial charge in [-0.1, -0.05) is 0 Å². The lowest BCUT2D eigenvalue weighted by Gasteiger charge is -2.22. The van der Waals surface area contributed by atoms with E-state index in [0.717, 1.165) is 25.1 Å². The van der Waals surface area contributed by atoms with E-state index >= 15 is 0 Å². The molecule has 1 aliphatic carbocycles. The fraction of sp³-hybridized carbons (Fsp3) is 0.0625. The summed E-state index contributed by atoms with van der Waals surface area (Å²) in [6.45, 7) is 1.03. The second kappa shape index (κ2) is 4.98. The quantitative estimate of drug-likeness (QED) is 0.385. The summed E-state index contributed by atoms with van der Waals surface area (Å²) in [5.74, 6) is -5.79. The van der Waals surface area contributed by atoms with Crippen molar-refractivity contribution in [2.75, 3.05) is 0 Å². The second-order valence-corrected chi connectivity index (χ2v) is 5.13. The maximum Gasteiger partial charge on any atom is 0.308 e. The van der Waals surface area contributed by atoms with Gasteiger partial charge in [0, 0.05) is 24.6 Å². The Bertz CT molecular complexity index is 942. The molecule has 0 bridgehead atoms. The van der Waals surface area contributed by atoms with Crippen molar-refractivity contribution in [2.24, 2.45) is 0 Å². The molecule has 0 spiro atoms. The van der Waals surface area contributed by atoms with Crippen LogP contribution >= 0.6 is 0 Å². The monoisotopic (exact) mass is 330 g/mol. The standard InChI is InChI=1S/C16H10O8/c1-5(17)24-16-10(21)4-9(20)12-13(16)14(22)7-2-6(18)3-8(19)11(7)15(12)23/h2-4,18-21H,1H3. The molecule has 0 saturated carbocycles. The fourth-order valence-electron chi connectivity index (χ4n) is 2.62. The Morgan fingerprint density at radius 2 is 1.46 bits per heavy atom. The molecule has 2 aromatic rings. The minimum absolute atomic E-state index is 0.344. The van der Waals surface area contributed by atoms with E-state index in [1.165, 1.54) is 0 Å². The lowest BCUT2D eigenvalue weighted by atomic mass is 9.82. The molecule has 24 heavy (non-hydrogen) atoms. The van der Waals surface area contributed by atoms with Crippen LogP contribution in [-0.4, -0.2) is 38.0 Å². The van der Waals surface area contributed by atoms with Gasteiger partial charge in [0.25, 0.3) is 0 Å². The van der Waals surface area contributed by atoms with Gasteiger partial charge in [-0.3, -0.25) is 14.4 Å². The van der Waals surface area contributed by atoms with E-state index in [2.05, 4.69) is 0 Å². The number of ether oxygens (including phenoxy) is 1. The van der Waals surface area contributed by atoms with E-state index in [4.69, 9.17) is 4.74 Å². The van der Waals surface area contributed by atoms with Crippen LogP contribution in [0.5, 0.6) is 28.7 Å². The Morgan fingerprint density at radius 1 is 0.833 bits per heavy atom. The van der Waals surface area contributed by atoms with Crippen LogP contribution in [0.3, 0.4) is 0 Å². The zero-order chi connectivity index (χ0) is 17.8. The Kier molecular flexibility index (Phi) is 3.19. The number of carbonyl (C=O) groups is 3. The summed E-state index contributed by atoms with van der Waals surface area (Å²) in [5.41, 5.74) is -1.78. The van der Waals surface area contributed by atoms with Crippen LogP contribution in [0.4, 0.5) is 0 Å². The van der Waals surface area contributed by atoms with Crippen LogP contribution in [0.1, 0.15) is 38.8 Å². The van der Waals surface area contributed by atoms with Gasteiger partial charge >= 0.3 is 5.97 Å². The van der Waals surface area contributed by atoms with Gasteiger partial charge in [0.1, 0.15) is 17.2 Å². The molecule has 0 fully saturated rings. The van der Waals surface area contributed by atoms with E-state index in [1.807, 2.05) is 0 Å². The van der Waals surface area contributed by atoms with Crippen LogP contribution in [0.15, 0.2) is 18.2 Å². The minimum Gasteiger partial charge on any atom is -0.508 e. The van der Waals surface area contributed by atoms with E-state index < -0.39 is 63.0 Å². The van der Waals surface area contributed by atoms with Gasteiger partial charge < -0.3 is 25.2 Å². The molecule has 0 amide bonds. The summed E-state index contributed by atoms with van der Waals surface area (Å²) in [7, 11) is 0. The summed E-state index contributed by atoms with van der Waals surface area (Å²) in [6, 6.07) is 2.58. The highest BCUT2D eigenvalue weighted by atomic mass is 16.5. The van der Waals surface area contributed by atoms with E-state index in [-0.39, 0.29) is 5.56 Å². The average Bonchev–Trinajstić information content (AvgIpc) is 2.46. The molecule has 0 heterocycles. The lowest BCUT2D eigenvalue weighted by Crippen LogP contribution is -2.23. The van der Waals surface area contributed by atoms with Crippen LogP contribution in [0.25, 0.3) is 0 Å². The molecule has 0 unspecified atom stereocenters. The number of carbonyl (C=O) groups excluding carboxylic acids is 3. The molecule has 0 aromatic heterocycles. The average molecular weight is 330 g/mol. The zero-order valence-corrected chi connectivity index (χ0v) is 12.2. The summed E-state index contributed by atoms with van der Waals surface area (Å²) in [5, 5.41) is 39.2. The van der Waals surface area contributed by atoms with Crippen molar-refractivity contribution in [3.63, 3.8) is 0 Å². The van der Waals surface area contributed by atoms with Crippen molar-refractivity contribution in [1.29, 1.82) is 0 Å². The number of hydrogen-bond acceptors (Lipinski definition) is 8. The predicted molar refractivity (Wildman–Crippen MR) is 77.7 cm³/mol. The second-order valence-electron chi connectivity index (χ2n) is 5.13. The van der Waals surface area contributed by atoms with Gasteiger partial charge in [0.2, 0.25) is 5.78 Å². The number of rotatable bonds is 1. The van der Waals surface area contributed by atoms with Crippen LogP contribution in [0.2, 0.25) is 0 Å². The summed E-state index contributed by atoms with van der Waals surface area (Å²) in [6.07, 6.45) is 0. The maximum absolute atomic E-state index is 12.7. The third kappa shape index (κ3) is 2.04. The Balaban J connectivity index is 2.40. The van der Waals surface area contributed by atoms with Gasteiger partial charge in [-0.05, 0) is 6.07 Å². The SMILES string of the molecule is CC(=O)Oc1c(O)cc(O)c2c1C(=O)c1cc(O)cc(O)c1C2=O. The largest absolute Gasteiger partial charge is 0.508 e. The van der Waals surface area contributed by atoms with Crippen molar-refractivity contribution in [3.05, 3.63) is 40.5 Å². The summed E-state index contributed by atoms with van der Waals surface area (Å²) in [4.78, 5) is 36.5. The topological polar surface area (TPSA) is 141 Å². The highest BCUT2D eigenvalue weighted by molar-refractivity contribution is 6.31. The van der Waals surface area contributed by atoms with Gasteiger partial charge in [0.15, 0.2) is 17.3 Å². The third-order valence-electron chi connectivity index (χ3n) is 3.51. The first-order valence-corrected chi connectivity index (χ1v) is 6.65. The van der Waals surface area contributed by atoms with Crippen molar-refractivity contribution in [2.45, 2.75) is 6.92 Å². The molecule has 8 heteroatoms. The molecule has 4 N–H and O–H groups in total. The van der Waals surface area contributed by atoms with Gasteiger partial charge in [-0.25, -0.2) is 0 Å². The van der Waals surface area contributed by atoms with Crippen molar-refractivity contribution in [1.82, 2.24) is 0 Å². The van der Waals surface area contributed by atoms with E-state index in [0.29, 0.717) is 0 Å². The van der Waals surface area contributed by atoms with E-state index in [9.17, 15) is 34.8 Å². The number of esters is 1. The highest BCUT2D eigenvalue weighted by Gasteiger charge is 2.39. The van der Waals surface area contributed by atoms with E-state index in [1.54, 1.807) is 0 Å². The Labute approximate surface area is 134 Å². The molecule has 8 nitrogen and oxygen atoms in total. The van der Waals surface area contributed by atoms with Gasteiger partial charge in [-0.15, -0.1) is 0 Å². The van der Waals surface area contributed by atoms with Crippen molar-refractivity contribution >= 4 is 17.5 Å². The van der Waals surface area contributed by atoms with Gasteiger partial charge in [-0.2, -0.15) is 0 Å². The molecule has 3 rings (SSSR count). The summed E-state index contributed by atoms with van der Waals surface area (Å²) < 4.78 is 4.79. The molecule has 0 radical (unpaired) electrons. The molecular formula is C16H10O8. The first kappa shape index (κ1) is 15.3. The minimum atomic E-state index is -0.914. The molecule has 2 aromatic carbocycles. The van der Waals surface area contributed by atoms with Crippen molar-refractivity contribution < 1.29 is 39.5 Å². The van der Waals surface area contributed by atoms with Crippen molar-refractivity contribution in [3.8, 4) is 28.7 Å². The molecule has 0 aliphatic heterocycles. The van der Waals surface area contributed by atoms with Crippen LogP contribution < -0.4 is 4.74 Å². The number of phenols is 4. The zero-order valence-electron chi connectivity index (χ0n) is 12.2. The first-order valence-electron chi connectivity index (χ1n) is 6.65. The lowest BCUT2D eigenvalue weighted by molar-refractivity contribution is -0.132. The number of phenolic OH excluding ortho intramolecular Hbond substituents is 4. The van der Waals surface area contributed by atoms with Crippen LogP contribution in [-0.2, 0) is 4.79 Å². The summed E-state index contributed by atoms with van der Waals surface area (Å²) >= 11 is 0. The molecular weight excluding hydrogens is 320 g/mol. The number of fused-ring (bicyclic) bond motifs is 2. The maximum atomic E-state index is 12.7. The highest BCUT2D eigenvalue weighted by Crippen LogP contribution is 2.45. The molecule has 122 valence electrons. The Hall–Kier alpha value is -3.55. The smallest absolute Gasteiger partial charge is 0.308 e. The normalized spacial score (nSPS) is 12.5. The predicted octanol–water partition coefficient (Wildman–Crippen LogP) is 1.21. The number of ketones is 2. The molecule has 0 atom stereocenters. The fourth-order valence-corrected chi connectivity index (χ4v) is 2.62.